The van der Waals surface area contributed by atoms with Gasteiger partial charge in [0.15, 0.2) is 12.2 Å². The van der Waals surface area contributed by atoms with E-state index in [-0.39, 0.29) is 12.2 Å². The number of hydrogen-bond donors (Lipinski definition) is 0. The topological polar surface area (TPSA) is 65.1 Å². The summed E-state index contributed by atoms with van der Waals surface area (Å²) in [7, 11) is 0. The molecule has 1 aromatic rings. The van der Waals surface area contributed by atoms with Crippen LogP contribution in [-0.2, 0) is 23.8 Å². The Morgan fingerprint density at radius 2 is 1.95 bits per heavy atom. The molecule has 5 nitrogen and oxygen atoms in total. The number of carbonyl (C=O) groups is 2. The Hall–Kier alpha value is -2.14. The first-order valence-corrected chi connectivity index (χ1v) is 6.41. The summed E-state index contributed by atoms with van der Waals surface area (Å²) in [5.74, 6) is -0.861. The second-order valence-electron chi connectivity index (χ2n) is 4.77. The fraction of sp³-hybridized carbons (Fsp3) is 0.333. The highest BCUT2D eigenvalue weighted by Gasteiger charge is 2.52. The van der Waals surface area contributed by atoms with Gasteiger partial charge in [0.2, 0.25) is 0 Å². The van der Waals surface area contributed by atoms with Crippen LogP contribution < -0.4 is 0 Å². The van der Waals surface area contributed by atoms with Crippen LogP contribution in [0.2, 0.25) is 0 Å². The average Bonchev–Trinajstić information content (AvgIpc) is 3.21. The lowest BCUT2D eigenvalue weighted by molar-refractivity contribution is -0.163. The molecule has 3 rings (SSSR count). The zero-order valence-electron chi connectivity index (χ0n) is 10.9. The summed E-state index contributed by atoms with van der Waals surface area (Å²) < 4.78 is 16.0. The van der Waals surface area contributed by atoms with Crippen molar-refractivity contribution in [1.82, 2.24) is 0 Å². The number of epoxide rings is 1. The van der Waals surface area contributed by atoms with Gasteiger partial charge in [0.25, 0.3) is 0 Å². The molecule has 5 heteroatoms. The molecule has 0 aliphatic carbocycles. The molecule has 4 atom stereocenters. The van der Waals surface area contributed by atoms with E-state index in [1.54, 1.807) is 6.08 Å². The van der Waals surface area contributed by atoms with Gasteiger partial charge in [-0.05, 0) is 11.6 Å². The first-order chi connectivity index (χ1) is 9.65. The smallest absolute Gasteiger partial charge is 0.331 e. The molecule has 1 saturated heterocycles. The second kappa shape index (κ2) is 5.09. The summed E-state index contributed by atoms with van der Waals surface area (Å²) in [6, 6.07) is 9.67. The Morgan fingerprint density at radius 3 is 2.65 bits per heavy atom. The van der Waals surface area contributed by atoms with Crippen molar-refractivity contribution in [1.29, 1.82) is 0 Å². The summed E-state index contributed by atoms with van der Waals surface area (Å²) in [6.07, 6.45) is 1.21. The Labute approximate surface area is 116 Å². The number of esters is 2. The predicted molar refractivity (Wildman–Crippen MR) is 68.6 cm³/mol. The predicted octanol–water partition coefficient (Wildman–Crippen LogP) is 1.54. The lowest BCUT2D eigenvalue weighted by atomic mass is 10.0. The van der Waals surface area contributed by atoms with Crippen LogP contribution in [0.4, 0.5) is 0 Å². The number of benzene rings is 1. The monoisotopic (exact) mass is 274 g/mol. The number of cyclic esters (lactones) is 1. The Balaban J connectivity index is 1.74. The first-order valence-electron chi connectivity index (χ1n) is 6.41. The van der Waals surface area contributed by atoms with Crippen LogP contribution in [0.3, 0.4) is 0 Å². The zero-order chi connectivity index (χ0) is 14.1. The van der Waals surface area contributed by atoms with E-state index in [1.165, 1.54) is 13.0 Å². The summed E-state index contributed by atoms with van der Waals surface area (Å²) in [5, 5.41) is 0. The summed E-state index contributed by atoms with van der Waals surface area (Å²) in [6.45, 7) is 1.32. The van der Waals surface area contributed by atoms with Crippen LogP contribution >= 0.6 is 0 Å². The molecule has 0 amide bonds. The third-order valence-corrected chi connectivity index (χ3v) is 3.28. The minimum atomic E-state index is -0.596. The largest absolute Gasteiger partial charge is 0.454 e. The molecule has 0 aromatic heterocycles. The van der Waals surface area contributed by atoms with Crippen molar-refractivity contribution in [2.75, 3.05) is 0 Å². The third kappa shape index (κ3) is 2.58. The summed E-state index contributed by atoms with van der Waals surface area (Å²) >= 11 is 0. The van der Waals surface area contributed by atoms with E-state index in [2.05, 4.69) is 0 Å². The lowest BCUT2D eigenvalue weighted by Crippen LogP contribution is -2.40. The van der Waals surface area contributed by atoms with E-state index < -0.39 is 24.1 Å². The van der Waals surface area contributed by atoms with Gasteiger partial charge in [-0.1, -0.05) is 30.3 Å². The molecule has 2 aliphatic heterocycles. The highest BCUT2D eigenvalue weighted by molar-refractivity contribution is 5.83. The highest BCUT2D eigenvalue weighted by atomic mass is 16.6. The standard InChI is InChI=1S/C15H14O5/c1-9(16)18-11-7-8-12(17)19-14(11)15-13(20-15)10-5-3-2-4-6-10/h2-8,11,13-15H,1H3/t11-,13-,14+,15-/m1/s1. The van der Waals surface area contributed by atoms with Crippen molar-refractivity contribution < 1.29 is 23.8 Å². The van der Waals surface area contributed by atoms with E-state index in [0.717, 1.165) is 5.56 Å². The molecular weight excluding hydrogens is 260 g/mol. The van der Waals surface area contributed by atoms with Crippen LogP contribution in [-0.4, -0.2) is 30.3 Å². The molecule has 0 unspecified atom stereocenters. The van der Waals surface area contributed by atoms with Gasteiger partial charge in [-0.15, -0.1) is 0 Å². The Kier molecular flexibility index (Phi) is 3.28. The Morgan fingerprint density at radius 1 is 1.20 bits per heavy atom. The molecule has 1 fully saturated rings. The maximum absolute atomic E-state index is 11.4. The lowest BCUT2D eigenvalue weighted by Gasteiger charge is -2.25. The molecule has 0 radical (unpaired) electrons. The number of carbonyl (C=O) groups excluding carboxylic acids is 2. The summed E-state index contributed by atoms with van der Waals surface area (Å²) in [5.41, 5.74) is 1.02. The van der Waals surface area contributed by atoms with Crippen molar-refractivity contribution in [3.05, 3.63) is 48.0 Å². The molecule has 0 bridgehead atoms. The maximum Gasteiger partial charge on any atom is 0.331 e. The first kappa shape index (κ1) is 12.9. The third-order valence-electron chi connectivity index (χ3n) is 3.28. The van der Waals surface area contributed by atoms with Gasteiger partial charge < -0.3 is 14.2 Å². The van der Waals surface area contributed by atoms with Crippen LogP contribution in [0, 0.1) is 0 Å². The molecule has 2 heterocycles. The average molecular weight is 274 g/mol. The number of hydrogen-bond acceptors (Lipinski definition) is 5. The van der Waals surface area contributed by atoms with Gasteiger partial charge in [0.05, 0.1) is 0 Å². The van der Waals surface area contributed by atoms with Crippen LogP contribution in [0.5, 0.6) is 0 Å². The fourth-order valence-electron chi connectivity index (χ4n) is 2.36. The number of ether oxygens (including phenoxy) is 3. The van der Waals surface area contributed by atoms with Crippen LogP contribution in [0.15, 0.2) is 42.5 Å². The van der Waals surface area contributed by atoms with Gasteiger partial charge in [-0.2, -0.15) is 0 Å². The van der Waals surface area contributed by atoms with E-state index >= 15 is 0 Å². The van der Waals surface area contributed by atoms with Gasteiger partial charge >= 0.3 is 11.9 Å². The second-order valence-corrected chi connectivity index (χ2v) is 4.77. The molecule has 0 spiro atoms. The van der Waals surface area contributed by atoms with E-state index in [0.29, 0.717) is 0 Å². The maximum atomic E-state index is 11.4. The van der Waals surface area contributed by atoms with E-state index in [9.17, 15) is 9.59 Å². The van der Waals surface area contributed by atoms with Gasteiger partial charge in [-0.3, -0.25) is 4.79 Å². The van der Waals surface area contributed by atoms with Gasteiger partial charge in [0, 0.05) is 13.0 Å². The van der Waals surface area contributed by atoms with Gasteiger partial charge in [0.1, 0.15) is 12.2 Å². The number of rotatable bonds is 3. The molecule has 0 saturated carbocycles. The van der Waals surface area contributed by atoms with E-state index in [4.69, 9.17) is 14.2 Å². The zero-order valence-corrected chi connectivity index (χ0v) is 10.9. The highest BCUT2D eigenvalue weighted by Crippen LogP contribution is 2.43. The molecule has 1 aromatic carbocycles. The molecule has 20 heavy (non-hydrogen) atoms. The molecule has 0 N–H and O–H groups in total. The van der Waals surface area contributed by atoms with Crippen molar-refractivity contribution in [3.63, 3.8) is 0 Å². The fourth-order valence-corrected chi connectivity index (χ4v) is 2.36. The molecular formula is C15H14O5. The molecule has 2 aliphatic rings. The van der Waals surface area contributed by atoms with Crippen molar-refractivity contribution in [2.45, 2.75) is 31.3 Å². The van der Waals surface area contributed by atoms with Crippen LogP contribution in [0.1, 0.15) is 18.6 Å². The summed E-state index contributed by atoms with van der Waals surface area (Å²) in [4.78, 5) is 22.5. The SMILES string of the molecule is CC(=O)O[C@@H]1C=CC(=O)O[C@@H]1[C@@H]1O[C@@H]1c1ccccc1. The molecule has 104 valence electrons. The van der Waals surface area contributed by atoms with Gasteiger partial charge in [-0.25, -0.2) is 4.79 Å². The normalized spacial score (nSPS) is 31.6. The van der Waals surface area contributed by atoms with E-state index in [1.807, 2.05) is 30.3 Å². The van der Waals surface area contributed by atoms with Crippen molar-refractivity contribution >= 4 is 11.9 Å². The quantitative estimate of drug-likeness (QED) is 0.618. The van der Waals surface area contributed by atoms with Crippen molar-refractivity contribution in [2.24, 2.45) is 0 Å². The minimum absolute atomic E-state index is 0.126. The Bertz CT molecular complexity index is 551. The van der Waals surface area contributed by atoms with Crippen LogP contribution in [0.25, 0.3) is 0 Å². The van der Waals surface area contributed by atoms with Crippen molar-refractivity contribution in [3.8, 4) is 0 Å². The minimum Gasteiger partial charge on any atom is -0.454 e.